The van der Waals surface area contributed by atoms with Crippen LogP contribution in [0.2, 0.25) is 0 Å². The van der Waals surface area contributed by atoms with Crippen LogP contribution in [-0.4, -0.2) is 42.6 Å². The molecule has 0 bridgehead atoms. The Bertz CT molecular complexity index is 531. The minimum Gasteiger partial charge on any atom is -0.468 e. The molecule has 0 unspecified atom stereocenters. The maximum atomic E-state index is 12.5. The minimum absolute atomic E-state index is 0.230. The fourth-order valence-electron chi connectivity index (χ4n) is 3.32. The Morgan fingerprint density at radius 3 is 2.65 bits per heavy atom. The van der Waals surface area contributed by atoms with E-state index in [0.29, 0.717) is 26.0 Å². The summed E-state index contributed by atoms with van der Waals surface area (Å²) in [6.45, 7) is 3.65. The van der Waals surface area contributed by atoms with Crippen LogP contribution in [0.1, 0.15) is 38.2 Å². The van der Waals surface area contributed by atoms with Gasteiger partial charge < -0.3 is 9.47 Å². The quantitative estimate of drug-likeness (QED) is 0.723. The van der Waals surface area contributed by atoms with Crippen molar-refractivity contribution in [2.24, 2.45) is 0 Å². The standard InChI is InChI=1S/C18H25NO4/c1-3-23-16(20)10-12-18(17(21)22-2)11-7-13-19(18)14-15-8-5-4-6-9-15/h4-6,8-9H,3,7,10-14H2,1-2H3/t18-/m0/s1. The molecule has 0 N–H and O–H groups in total. The summed E-state index contributed by atoms with van der Waals surface area (Å²) in [5.41, 5.74) is 0.427. The Hall–Kier alpha value is -1.88. The Morgan fingerprint density at radius 1 is 1.26 bits per heavy atom. The van der Waals surface area contributed by atoms with Crippen LogP contribution in [0.3, 0.4) is 0 Å². The van der Waals surface area contributed by atoms with E-state index in [1.54, 1.807) is 6.92 Å². The lowest BCUT2D eigenvalue weighted by atomic mass is 9.90. The van der Waals surface area contributed by atoms with Gasteiger partial charge in [0.1, 0.15) is 5.54 Å². The first-order valence-electron chi connectivity index (χ1n) is 8.15. The van der Waals surface area contributed by atoms with Gasteiger partial charge >= 0.3 is 11.9 Å². The number of carbonyl (C=O) groups excluding carboxylic acids is 2. The van der Waals surface area contributed by atoms with E-state index >= 15 is 0 Å². The van der Waals surface area contributed by atoms with Crippen molar-refractivity contribution in [1.82, 2.24) is 4.90 Å². The second-order valence-electron chi connectivity index (χ2n) is 5.84. The zero-order chi connectivity index (χ0) is 16.7. The first kappa shape index (κ1) is 17.5. The topological polar surface area (TPSA) is 55.8 Å². The fraction of sp³-hybridized carbons (Fsp3) is 0.556. The van der Waals surface area contributed by atoms with Crippen LogP contribution in [0.25, 0.3) is 0 Å². The minimum atomic E-state index is -0.725. The SMILES string of the molecule is CCOC(=O)CC[C@]1(C(=O)OC)CCCN1Cc1ccccc1. The lowest BCUT2D eigenvalue weighted by molar-refractivity contribution is -0.155. The van der Waals surface area contributed by atoms with Gasteiger partial charge in [0.15, 0.2) is 0 Å². The van der Waals surface area contributed by atoms with Gasteiger partial charge in [0.25, 0.3) is 0 Å². The molecular formula is C18H25NO4. The predicted molar refractivity (Wildman–Crippen MR) is 86.7 cm³/mol. The molecule has 0 spiro atoms. The van der Waals surface area contributed by atoms with Gasteiger partial charge in [-0.15, -0.1) is 0 Å². The van der Waals surface area contributed by atoms with Gasteiger partial charge in [0.05, 0.1) is 13.7 Å². The molecule has 1 aliphatic heterocycles. The number of esters is 2. The maximum Gasteiger partial charge on any atom is 0.326 e. The molecule has 1 heterocycles. The average molecular weight is 319 g/mol. The number of ether oxygens (including phenoxy) is 2. The largest absolute Gasteiger partial charge is 0.468 e. The van der Waals surface area contributed by atoms with E-state index in [1.165, 1.54) is 7.11 Å². The number of nitrogens with zero attached hydrogens (tertiary/aromatic N) is 1. The maximum absolute atomic E-state index is 12.5. The number of rotatable bonds is 7. The highest BCUT2D eigenvalue weighted by Crippen LogP contribution is 2.36. The molecule has 0 saturated carbocycles. The number of carbonyl (C=O) groups is 2. The van der Waals surface area contributed by atoms with Crippen LogP contribution in [-0.2, 0) is 25.6 Å². The molecule has 1 saturated heterocycles. The van der Waals surface area contributed by atoms with Crippen LogP contribution < -0.4 is 0 Å². The normalized spacial score (nSPS) is 21.1. The Balaban J connectivity index is 2.14. The van der Waals surface area contributed by atoms with E-state index in [0.717, 1.165) is 18.5 Å². The summed E-state index contributed by atoms with van der Waals surface area (Å²) in [6.07, 6.45) is 2.30. The lowest BCUT2D eigenvalue weighted by Gasteiger charge is -2.36. The van der Waals surface area contributed by atoms with Crippen molar-refractivity contribution >= 4 is 11.9 Å². The molecule has 0 aliphatic carbocycles. The fourth-order valence-corrected chi connectivity index (χ4v) is 3.32. The first-order chi connectivity index (χ1) is 11.1. The van der Waals surface area contributed by atoms with Crippen LogP contribution in [0, 0.1) is 0 Å². The molecule has 0 aromatic heterocycles. The Morgan fingerprint density at radius 2 is 2.00 bits per heavy atom. The molecule has 5 nitrogen and oxygen atoms in total. The number of likely N-dealkylation sites (tertiary alicyclic amines) is 1. The summed E-state index contributed by atoms with van der Waals surface area (Å²) in [5, 5.41) is 0. The second kappa shape index (κ2) is 8.11. The van der Waals surface area contributed by atoms with E-state index in [2.05, 4.69) is 4.90 Å². The molecule has 1 aliphatic rings. The molecule has 0 amide bonds. The third-order valence-corrected chi connectivity index (χ3v) is 4.45. The van der Waals surface area contributed by atoms with Crippen molar-refractivity contribution in [2.75, 3.05) is 20.3 Å². The Labute approximate surface area is 137 Å². The Kier molecular flexibility index (Phi) is 6.16. The summed E-state index contributed by atoms with van der Waals surface area (Å²) in [5.74, 6) is -0.516. The molecule has 2 rings (SSSR count). The molecule has 126 valence electrons. The summed E-state index contributed by atoms with van der Waals surface area (Å²) in [7, 11) is 1.41. The number of methoxy groups -OCH3 is 1. The van der Waals surface area contributed by atoms with Crippen molar-refractivity contribution in [3.63, 3.8) is 0 Å². The third-order valence-electron chi connectivity index (χ3n) is 4.45. The smallest absolute Gasteiger partial charge is 0.326 e. The van der Waals surface area contributed by atoms with Gasteiger partial charge in [-0.1, -0.05) is 30.3 Å². The van der Waals surface area contributed by atoms with E-state index in [9.17, 15) is 9.59 Å². The predicted octanol–water partition coefficient (Wildman–Crippen LogP) is 2.54. The van der Waals surface area contributed by atoms with Crippen LogP contribution in [0.5, 0.6) is 0 Å². The number of hydrogen-bond acceptors (Lipinski definition) is 5. The van der Waals surface area contributed by atoms with Gasteiger partial charge in [-0.05, 0) is 38.3 Å². The van der Waals surface area contributed by atoms with E-state index < -0.39 is 5.54 Å². The zero-order valence-corrected chi connectivity index (χ0v) is 13.9. The molecule has 5 heteroatoms. The highest BCUT2D eigenvalue weighted by atomic mass is 16.5. The van der Waals surface area contributed by atoms with E-state index in [1.807, 2.05) is 30.3 Å². The van der Waals surface area contributed by atoms with Gasteiger partial charge in [0, 0.05) is 13.0 Å². The monoisotopic (exact) mass is 319 g/mol. The summed E-state index contributed by atoms with van der Waals surface area (Å²) >= 11 is 0. The molecular weight excluding hydrogens is 294 g/mol. The van der Waals surface area contributed by atoms with Gasteiger partial charge in [-0.2, -0.15) is 0 Å². The van der Waals surface area contributed by atoms with Crippen molar-refractivity contribution in [3.05, 3.63) is 35.9 Å². The summed E-state index contributed by atoms with van der Waals surface area (Å²) in [6, 6.07) is 10.0. The highest BCUT2D eigenvalue weighted by Gasteiger charge is 2.48. The first-order valence-corrected chi connectivity index (χ1v) is 8.15. The van der Waals surface area contributed by atoms with Crippen LogP contribution in [0.15, 0.2) is 30.3 Å². The number of benzene rings is 1. The van der Waals surface area contributed by atoms with Crippen molar-refractivity contribution in [2.45, 2.75) is 44.7 Å². The zero-order valence-electron chi connectivity index (χ0n) is 13.9. The molecule has 1 aromatic carbocycles. The van der Waals surface area contributed by atoms with Gasteiger partial charge in [-0.3, -0.25) is 14.5 Å². The van der Waals surface area contributed by atoms with Crippen LogP contribution >= 0.6 is 0 Å². The lowest BCUT2D eigenvalue weighted by Crippen LogP contribution is -2.51. The van der Waals surface area contributed by atoms with Crippen LogP contribution in [0.4, 0.5) is 0 Å². The molecule has 23 heavy (non-hydrogen) atoms. The second-order valence-corrected chi connectivity index (χ2v) is 5.84. The average Bonchev–Trinajstić information content (AvgIpc) is 2.97. The molecule has 1 atom stereocenters. The summed E-state index contributed by atoms with van der Waals surface area (Å²) < 4.78 is 10.1. The van der Waals surface area contributed by atoms with Gasteiger partial charge in [-0.25, -0.2) is 0 Å². The van der Waals surface area contributed by atoms with Crippen molar-refractivity contribution < 1.29 is 19.1 Å². The van der Waals surface area contributed by atoms with E-state index in [-0.39, 0.29) is 18.4 Å². The third kappa shape index (κ3) is 4.10. The van der Waals surface area contributed by atoms with Crippen molar-refractivity contribution in [3.8, 4) is 0 Å². The molecule has 1 fully saturated rings. The van der Waals surface area contributed by atoms with E-state index in [4.69, 9.17) is 9.47 Å². The molecule has 0 radical (unpaired) electrons. The number of hydrogen-bond donors (Lipinski definition) is 0. The van der Waals surface area contributed by atoms with Crippen molar-refractivity contribution in [1.29, 1.82) is 0 Å². The van der Waals surface area contributed by atoms with Gasteiger partial charge in [0.2, 0.25) is 0 Å². The highest BCUT2D eigenvalue weighted by molar-refractivity contribution is 5.82. The summed E-state index contributed by atoms with van der Waals surface area (Å²) in [4.78, 5) is 26.4. The molecule has 1 aromatic rings.